The molecule has 0 aromatic heterocycles. The zero-order valence-electron chi connectivity index (χ0n) is 11.1. The van der Waals surface area contributed by atoms with Crippen LogP contribution in [0.2, 0.25) is 0 Å². The van der Waals surface area contributed by atoms with Crippen molar-refractivity contribution in [3.05, 3.63) is 35.4 Å². The molecule has 2 N–H and O–H groups in total. The number of halogens is 2. The van der Waals surface area contributed by atoms with E-state index in [2.05, 4.69) is 4.90 Å². The molecule has 0 spiro atoms. The Morgan fingerprint density at radius 2 is 2.05 bits per heavy atom. The summed E-state index contributed by atoms with van der Waals surface area (Å²) in [4.78, 5) is 2.14. The van der Waals surface area contributed by atoms with E-state index in [0.717, 1.165) is 32.0 Å². The van der Waals surface area contributed by atoms with E-state index >= 15 is 0 Å². The number of benzene rings is 1. The average Bonchev–Trinajstić information content (AvgIpc) is 2.39. The number of methoxy groups -OCH3 is 1. The minimum atomic E-state index is -0.561. The second kappa shape index (κ2) is 6.41. The maximum Gasteiger partial charge on any atom is 0.126 e. The van der Waals surface area contributed by atoms with E-state index < -0.39 is 11.6 Å². The first-order valence-electron chi connectivity index (χ1n) is 6.57. The van der Waals surface area contributed by atoms with E-state index in [1.807, 2.05) is 0 Å². The molecular formula is C14H20F2N2O. The summed E-state index contributed by atoms with van der Waals surface area (Å²) >= 11 is 0. The van der Waals surface area contributed by atoms with Crippen LogP contribution >= 0.6 is 0 Å². The first-order chi connectivity index (χ1) is 9.13. The van der Waals surface area contributed by atoms with Crippen molar-refractivity contribution < 1.29 is 13.5 Å². The highest BCUT2D eigenvalue weighted by atomic mass is 19.1. The Balaban J connectivity index is 2.18. The zero-order valence-corrected chi connectivity index (χ0v) is 11.1. The molecule has 106 valence electrons. The van der Waals surface area contributed by atoms with Crippen LogP contribution in [0.5, 0.6) is 0 Å². The Morgan fingerprint density at radius 3 is 2.63 bits per heavy atom. The van der Waals surface area contributed by atoms with Gasteiger partial charge in [-0.2, -0.15) is 0 Å². The summed E-state index contributed by atoms with van der Waals surface area (Å²) in [5, 5.41) is 0. The average molecular weight is 270 g/mol. The van der Waals surface area contributed by atoms with Crippen LogP contribution in [-0.2, 0) is 4.74 Å². The number of nitrogens with zero attached hydrogens (tertiary/aromatic N) is 1. The third-order valence-corrected chi connectivity index (χ3v) is 3.68. The molecule has 1 aliphatic rings. The lowest BCUT2D eigenvalue weighted by atomic mass is 10.0. The third-order valence-electron chi connectivity index (χ3n) is 3.68. The van der Waals surface area contributed by atoms with Gasteiger partial charge in [-0.3, -0.25) is 4.90 Å². The van der Waals surface area contributed by atoms with Crippen LogP contribution in [0.1, 0.15) is 24.4 Å². The van der Waals surface area contributed by atoms with Gasteiger partial charge in [0.1, 0.15) is 11.6 Å². The Kier molecular flexibility index (Phi) is 4.85. The lowest BCUT2D eigenvalue weighted by molar-refractivity contribution is 0.0154. The van der Waals surface area contributed by atoms with E-state index in [9.17, 15) is 8.78 Å². The Labute approximate surface area is 112 Å². The van der Waals surface area contributed by atoms with Gasteiger partial charge in [0.15, 0.2) is 0 Å². The van der Waals surface area contributed by atoms with Gasteiger partial charge in [0, 0.05) is 32.3 Å². The topological polar surface area (TPSA) is 38.5 Å². The van der Waals surface area contributed by atoms with Gasteiger partial charge in [0.05, 0.1) is 6.10 Å². The van der Waals surface area contributed by atoms with E-state index in [-0.39, 0.29) is 12.1 Å². The molecule has 1 aromatic carbocycles. The summed E-state index contributed by atoms with van der Waals surface area (Å²) in [6, 6.07) is 3.43. The number of rotatable bonds is 4. The predicted octanol–water partition coefficient (Wildman–Crippen LogP) is 2.08. The Bertz CT molecular complexity index is 408. The molecule has 0 radical (unpaired) electrons. The van der Waals surface area contributed by atoms with Crippen molar-refractivity contribution in [1.82, 2.24) is 4.90 Å². The first kappa shape index (κ1) is 14.4. The Morgan fingerprint density at radius 1 is 1.37 bits per heavy atom. The summed E-state index contributed by atoms with van der Waals surface area (Å²) < 4.78 is 32.0. The van der Waals surface area contributed by atoms with Gasteiger partial charge in [-0.15, -0.1) is 0 Å². The molecule has 2 rings (SSSR count). The standard InChI is InChI=1S/C14H20F2N2O/c1-19-13-3-2-4-18(9-13)14(8-17)10-5-11(15)7-12(16)6-10/h5-7,13-14H,2-4,8-9,17H2,1H3. The summed E-state index contributed by atoms with van der Waals surface area (Å²) in [6.07, 6.45) is 2.19. The first-order valence-corrected chi connectivity index (χ1v) is 6.57. The lowest BCUT2D eigenvalue weighted by Crippen LogP contribution is -2.43. The van der Waals surface area contributed by atoms with Gasteiger partial charge in [0.25, 0.3) is 0 Å². The fourth-order valence-corrected chi connectivity index (χ4v) is 2.71. The maximum absolute atomic E-state index is 13.3. The van der Waals surface area contributed by atoms with Crippen molar-refractivity contribution in [2.24, 2.45) is 5.73 Å². The minimum absolute atomic E-state index is 0.164. The van der Waals surface area contributed by atoms with Crippen molar-refractivity contribution in [2.45, 2.75) is 25.0 Å². The number of hydrogen-bond acceptors (Lipinski definition) is 3. The molecule has 1 heterocycles. The highest BCUT2D eigenvalue weighted by Gasteiger charge is 2.26. The summed E-state index contributed by atoms with van der Waals surface area (Å²) in [5.41, 5.74) is 6.39. The molecule has 3 nitrogen and oxygen atoms in total. The predicted molar refractivity (Wildman–Crippen MR) is 69.8 cm³/mol. The summed E-state index contributed by atoms with van der Waals surface area (Å²) in [6.45, 7) is 1.95. The number of nitrogens with two attached hydrogens (primary N) is 1. The molecule has 1 aliphatic heterocycles. The SMILES string of the molecule is COC1CCCN(C(CN)c2cc(F)cc(F)c2)C1. The fraction of sp³-hybridized carbons (Fsp3) is 0.571. The van der Waals surface area contributed by atoms with Crippen LogP contribution in [0.25, 0.3) is 0 Å². The zero-order chi connectivity index (χ0) is 13.8. The van der Waals surface area contributed by atoms with E-state index in [0.29, 0.717) is 12.1 Å². The third kappa shape index (κ3) is 3.49. The quantitative estimate of drug-likeness (QED) is 0.910. The van der Waals surface area contributed by atoms with Crippen molar-refractivity contribution >= 4 is 0 Å². The van der Waals surface area contributed by atoms with Gasteiger partial charge in [-0.1, -0.05) is 0 Å². The van der Waals surface area contributed by atoms with Crippen LogP contribution in [-0.4, -0.2) is 37.7 Å². The molecule has 5 heteroatoms. The smallest absolute Gasteiger partial charge is 0.126 e. The van der Waals surface area contributed by atoms with Crippen LogP contribution in [0.3, 0.4) is 0 Å². The van der Waals surface area contributed by atoms with Crippen LogP contribution < -0.4 is 5.73 Å². The molecule has 19 heavy (non-hydrogen) atoms. The van der Waals surface area contributed by atoms with E-state index in [1.165, 1.54) is 12.1 Å². The highest BCUT2D eigenvalue weighted by Crippen LogP contribution is 2.25. The van der Waals surface area contributed by atoms with Gasteiger partial charge >= 0.3 is 0 Å². The molecule has 0 bridgehead atoms. The second-order valence-corrected chi connectivity index (χ2v) is 4.95. The Hall–Kier alpha value is -1.04. The lowest BCUT2D eigenvalue weighted by Gasteiger charge is -2.37. The fourth-order valence-electron chi connectivity index (χ4n) is 2.71. The molecule has 2 unspecified atom stereocenters. The van der Waals surface area contributed by atoms with Crippen molar-refractivity contribution in [3.63, 3.8) is 0 Å². The molecule has 1 fully saturated rings. The number of likely N-dealkylation sites (tertiary alicyclic amines) is 1. The molecule has 0 saturated carbocycles. The normalized spacial score (nSPS) is 22.4. The van der Waals surface area contributed by atoms with E-state index in [4.69, 9.17) is 10.5 Å². The van der Waals surface area contributed by atoms with Crippen molar-refractivity contribution in [3.8, 4) is 0 Å². The number of hydrogen-bond donors (Lipinski definition) is 1. The second-order valence-electron chi connectivity index (χ2n) is 4.95. The van der Waals surface area contributed by atoms with Crippen LogP contribution in [0.15, 0.2) is 18.2 Å². The van der Waals surface area contributed by atoms with Crippen molar-refractivity contribution in [2.75, 3.05) is 26.7 Å². The van der Waals surface area contributed by atoms with E-state index in [1.54, 1.807) is 7.11 Å². The molecule has 2 atom stereocenters. The monoisotopic (exact) mass is 270 g/mol. The largest absolute Gasteiger partial charge is 0.380 e. The van der Waals surface area contributed by atoms with Gasteiger partial charge < -0.3 is 10.5 Å². The van der Waals surface area contributed by atoms with Gasteiger partial charge in [0.2, 0.25) is 0 Å². The molecule has 1 aromatic rings. The molecular weight excluding hydrogens is 250 g/mol. The highest BCUT2D eigenvalue weighted by molar-refractivity contribution is 5.22. The summed E-state index contributed by atoms with van der Waals surface area (Å²) in [7, 11) is 1.69. The van der Waals surface area contributed by atoms with Gasteiger partial charge in [-0.25, -0.2) is 8.78 Å². The molecule has 0 aliphatic carbocycles. The molecule has 0 amide bonds. The van der Waals surface area contributed by atoms with Crippen molar-refractivity contribution in [1.29, 1.82) is 0 Å². The van der Waals surface area contributed by atoms with Crippen LogP contribution in [0.4, 0.5) is 8.78 Å². The van der Waals surface area contributed by atoms with Gasteiger partial charge in [-0.05, 0) is 37.1 Å². The number of ether oxygens (including phenoxy) is 1. The minimum Gasteiger partial charge on any atom is -0.380 e. The summed E-state index contributed by atoms with van der Waals surface area (Å²) in [5.74, 6) is -1.12. The maximum atomic E-state index is 13.3. The van der Waals surface area contributed by atoms with Crippen LogP contribution in [0, 0.1) is 11.6 Å². The number of piperidine rings is 1. The molecule has 1 saturated heterocycles.